The van der Waals surface area contributed by atoms with Crippen LogP contribution in [0.15, 0.2) is 30.3 Å². The number of likely N-dealkylation sites (N-methyl/N-ethyl adjacent to an activating group) is 1. The third kappa shape index (κ3) is 3.84. The molecule has 94 valence electrons. The zero-order valence-corrected chi connectivity index (χ0v) is 10.7. The molecule has 1 rings (SSSR count). The minimum atomic E-state index is -0.228. The average Bonchev–Trinajstić information content (AvgIpc) is 2.35. The van der Waals surface area contributed by atoms with Crippen molar-refractivity contribution < 1.29 is 4.79 Å². The molecule has 17 heavy (non-hydrogen) atoms. The van der Waals surface area contributed by atoms with Crippen LogP contribution in [-0.2, 0) is 4.79 Å². The smallest absolute Gasteiger partial charge is 0.242 e. The van der Waals surface area contributed by atoms with Crippen LogP contribution in [0.5, 0.6) is 0 Å². The summed E-state index contributed by atoms with van der Waals surface area (Å²) in [6.45, 7) is 4.86. The van der Waals surface area contributed by atoms with Gasteiger partial charge in [0.15, 0.2) is 0 Å². The third-order valence-corrected chi connectivity index (χ3v) is 3.01. The first-order valence-corrected chi connectivity index (χ1v) is 5.82. The van der Waals surface area contributed by atoms with Gasteiger partial charge < -0.3 is 4.90 Å². The van der Waals surface area contributed by atoms with Crippen molar-refractivity contribution in [1.82, 2.24) is 10.3 Å². The molecule has 1 unspecified atom stereocenters. The van der Waals surface area contributed by atoms with Gasteiger partial charge in [0, 0.05) is 12.6 Å². The van der Waals surface area contributed by atoms with Crippen molar-refractivity contribution in [2.24, 2.45) is 5.84 Å². The normalized spacial score (nSPS) is 12.8. The molecule has 1 atom stereocenters. The van der Waals surface area contributed by atoms with E-state index in [1.807, 2.05) is 37.4 Å². The Morgan fingerprint density at radius 2 is 1.94 bits per heavy atom. The summed E-state index contributed by atoms with van der Waals surface area (Å²) in [6, 6.07) is 10.1. The molecular formula is C13H21N3O. The zero-order chi connectivity index (χ0) is 12.8. The summed E-state index contributed by atoms with van der Waals surface area (Å²) in [5.41, 5.74) is 3.23. The molecule has 1 aromatic rings. The molecule has 0 heterocycles. The van der Waals surface area contributed by atoms with Crippen LogP contribution in [0.2, 0.25) is 0 Å². The van der Waals surface area contributed by atoms with Crippen molar-refractivity contribution in [2.45, 2.75) is 25.8 Å². The fraction of sp³-hybridized carbons (Fsp3) is 0.462. The fourth-order valence-electron chi connectivity index (χ4n) is 1.62. The summed E-state index contributed by atoms with van der Waals surface area (Å²) in [5, 5.41) is 0. The van der Waals surface area contributed by atoms with E-state index in [1.54, 1.807) is 0 Å². The molecule has 1 aromatic carbocycles. The van der Waals surface area contributed by atoms with E-state index in [9.17, 15) is 4.79 Å². The minimum absolute atomic E-state index is 0.149. The molecule has 0 spiro atoms. The van der Waals surface area contributed by atoms with E-state index in [-0.39, 0.29) is 11.8 Å². The molecular weight excluding hydrogens is 214 g/mol. The average molecular weight is 235 g/mol. The largest absolute Gasteiger partial charge is 0.303 e. The molecule has 0 aromatic heterocycles. The van der Waals surface area contributed by atoms with Crippen LogP contribution in [0.1, 0.15) is 25.3 Å². The number of hydrazine groups is 1. The Kier molecular flexibility index (Phi) is 5.12. The first kappa shape index (κ1) is 13.7. The van der Waals surface area contributed by atoms with Crippen molar-refractivity contribution in [3.8, 4) is 0 Å². The second kappa shape index (κ2) is 6.37. The zero-order valence-electron chi connectivity index (χ0n) is 10.7. The van der Waals surface area contributed by atoms with Gasteiger partial charge in [-0.15, -0.1) is 0 Å². The molecule has 0 fully saturated rings. The van der Waals surface area contributed by atoms with Gasteiger partial charge in [-0.25, -0.2) is 5.84 Å². The number of rotatable bonds is 5. The van der Waals surface area contributed by atoms with E-state index < -0.39 is 0 Å². The number of amides is 1. The molecule has 3 N–H and O–H groups in total. The predicted molar refractivity (Wildman–Crippen MR) is 69.3 cm³/mol. The van der Waals surface area contributed by atoms with Gasteiger partial charge >= 0.3 is 0 Å². The van der Waals surface area contributed by atoms with Crippen molar-refractivity contribution >= 4 is 5.91 Å². The van der Waals surface area contributed by atoms with Crippen LogP contribution in [0.4, 0.5) is 0 Å². The lowest BCUT2D eigenvalue weighted by Crippen LogP contribution is -2.41. The summed E-state index contributed by atoms with van der Waals surface area (Å²) >= 11 is 0. The van der Waals surface area contributed by atoms with Crippen LogP contribution in [0, 0.1) is 0 Å². The topological polar surface area (TPSA) is 58.4 Å². The van der Waals surface area contributed by atoms with Crippen molar-refractivity contribution in [1.29, 1.82) is 0 Å². The molecule has 0 aliphatic carbocycles. The van der Waals surface area contributed by atoms with Crippen molar-refractivity contribution in [3.05, 3.63) is 35.9 Å². The third-order valence-electron chi connectivity index (χ3n) is 3.01. The van der Waals surface area contributed by atoms with E-state index in [0.717, 1.165) is 5.56 Å². The maximum atomic E-state index is 11.8. The number of hydrogen-bond acceptors (Lipinski definition) is 3. The van der Waals surface area contributed by atoms with Crippen LogP contribution < -0.4 is 11.3 Å². The van der Waals surface area contributed by atoms with Crippen LogP contribution in [0.3, 0.4) is 0 Å². The Bertz CT molecular complexity index is 351. The maximum absolute atomic E-state index is 11.8. The highest BCUT2D eigenvalue weighted by Gasteiger charge is 2.22. The molecule has 0 aliphatic heterocycles. The van der Waals surface area contributed by atoms with E-state index in [0.29, 0.717) is 12.6 Å². The summed E-state index contributed by atoms with van der Waals surface area (Å²) in [6.07, 6.45) is 0. The van der Waals surface area contributed by atoms with Gasteiger partial charge in [-0.2, -0.15) is 0 Å². The Morgan fingerprint density at radius 3 is 2.41 bits per heavy atom. The van der Waals surface area contributed by atoms with E-state index in [1.165, 1.54) is 0 Å². The number of benzene rings is 1. The summed E-state index contributed by atoms with van der Waals surface area (Å²) < 4.78 is 0. The summed E-state index contributed by atoms with van der Waals surface area (Å²) in [4.78, 5) is 13.9. The molecule has 4 nitrogen and oxygen atoms in total. The number of carbonyl (C=O) groups is 1. The van der Waals surface area contributed by atoms with Crippen molar-refractivity contribution in [3.63, 3.8) is 0 Å². The predicted octanol–water partition coefficient (Wildman–Crippen LogP) is 1.10. The van der Waals surface area contributed by atoms with Gasteiger partial charge in [0.2, 0.25) is 5.91 Å². The van der Waals surface area contributed by atoms with Gasteiger partial charge in [-0.3, -0.25) is 10.2 Å². The van der Waals surface area contributed by atoms with Crippen LogP contribution in [-0.4, -0.2) is 30.4 Å². The highest BCUT2D eigenvalue weighted by atomic mass is 16.2. The monoisotopic (exact) mass is 235 g/mol. The molecule has 0 bridgehead atoms. The second-order valence-corrected chi connectivity index (χ2v) is 4.51. The lowest BCUT2D eigenvalue weighted by Gasteiger charge is -2.26. The standard InChI is InChI=1S/C13H21N3O/c1-10(2)16(3)9-12(13(17)15-14)11-7-5-4-6-8-11/h4-8,10,12H,9,14H2,1-3H3,(H,15,17). The quantitative estimate of drug-likeness (QED) is 0.456. The van der Waals surface area contributed by atoms with E-state index in [4.69, 9.17) is 5.84 Å². The van der Waals surface area contributed by atoms with E-state index in [2.05, 4.69) is 24.2 Å². The minimum Gasteiger partial charge on any atom is -0.303 e. The van der Waals surface area contributed by atoms with Gasteiger partial charge in [0.25, 0.3) is 0 Å². The van der Waals surface area contributed by atoms with Crippen LogP contribution in [0.25, 0.3) is 0 Å². The number of hydrogen-bond donors (Lipinski definition) is 2. The highest BCUT2D eigenvalue weighted by Crippen LogP contribution is 2.17. The van der Waals surface area contributed by atoms with Crippen LogP contribution >= 0.6 is 0 Å². The second-order valence-electron chi connectivity index (χ2n) is 4.51. The number of nitrogens with zero attached hydrogens (tertiary/aromatic N) is 1. The van der Waals surface area contributed by atoms with Gasteiger partial charge in [-0.05, 0) is 26.5 Å². The first-order chi connectivity index (χ1) is 8.06. The fourth-order valence-corrected chi connectivity index (χ4v) is 1.62. The first-order valence-electron chi connectivity index (χ1n) is 5.82. The Hall–Kier alpha value is -1.39. The molecule has 4 heteroatoms. The van der Waals surface area contributed by atoms with Gasteiger partial charge in [0.1, 0.15) is 0 Å². The van der Waals surface area contributed by atoms with E-state index >= 15 is 0 Å². The maximum Gasteiger partial charge on any atom is 0.242 e. The molecule has 0 saturated carbocycles. The molecule has 0 aliphatic rings. The molecule has 0 radical (unpaired) electrons. The Morgan fingerprint density at radius 1 is 1.35 bits per heavy atom. The number of carbonyl (C=O) groups excluding carboxylic acids is 1. The Labute approximate surface area is 103 Å². The summed E-state index contributed by atoms with van der Waals surface area (Å²) in [7, 11) is 2.00. The lowest BCUT2D eigenvalue weighted by atomic mass is 9.97. The van der Waals surface area contributed by atoms with Gasteiger partial charge in [0.05, 0.1) is 5.92 Å². The lowest BCUT2D eigenvalue weighted by molar-refractivity contribution is -0.123. The van der Waals surface area contributed by atoms with Crippen molar-refractivity contribution in [2.75, 3.05) is 13.6 Å². The Balaban J connectivity index is 2.86. The molecule has 1 amide bonds. The number of nitrogens with one attached hydrogen (secondary N) is 1. The highest BCUT2D eigenvalue weighted by molar-refractivity contribution is 5.83. The SMILES string of the molecule is CC(C)N(C)CC(C(=O)NN)c1ccccc1. The number of nitrogens with two attached hydrogens (primary N) is 1. The molecule has 0 saturated heterocycles. The summed E-state index contributed by atoms with van der Waals surface area (Å²) in [5.74, 6) is 4.87. The van der Waals surface area contributed by atoms with Gasteiger partial charge in [-0.1, -0.05) is 30.3 Å².